The van der Waals surface area contributed by atoms with Gasteiger partial charge < -0.3 is 19.4 Å². The van der Waals surface area contributed by atoms with Gasteiger partial charge in [-0.3, -0.25) is 4.79 Å². The van der Waals surface area contributed by atoms with E-state index in [1.165, 1.54) is 5.56 Å². The number of hydrogen-bond donors (Lipinski definition) is 1. The van der Waals surface area contributed by atoms with Crippen molar-refractivity contribution in [3.05, 3.63) is 120 Å². The Balaban J connectivity index is 1.38. The molecule has 1 aliphatic heterocycles. The first-order chi connectivity index (χ1) is 15.8. The molecule has 5 rings (SSSR count). The molecule has 5 nitrogen and oxygen atoms in total. The highest BCUT2D eigenvalue weighted by molar-refractivity contribution is 6.01. The molecule has 0 saturated heterocycles. The third-order valence-corrected chi connectivity index (χ3v) is 5.60. The average molecular weight is 425 g/mol. The predicted octanol–water partition coefficient (Wildman–Crippen LogP) is 5.67. The highest BCUT2D eigenvalue weighted by atomic mass is 16.5. The van der Waals surface area contributed by atoms with E-state index in [-0.39, 0.29) is 12.1 Å². The zero-order chi connectivity index (χ0) is 21.8. The minimum Gasteiger partial charge on any atom is -0.493 e. The molecule has 160 valence electrons. The molecule has 0 fully saturated rings. The van der Waals surface area contributed by atoms with Gasteiger partial charge >= 0.3 is 0 Å². The Bertz CT molecular complexity index is 1190. The van der Waals surface area contributed by atoms with Crippen molar-refractivity contribution in [2.45, 2.75) is 19.1 Å². The van der Waals surface area contributed by atoms with Crippen LogP contribution in [0.15, 0.2) is 102 Å². The maximum absolute atomic E-state index is 13.4. The number of anilines is 1. The fourth-order valence-electron chi connectivity index (χ4n) is 4.00. The van der Waals surface area contributed by atoms with E-state index in [9.17, 15) is 4.79 Å². The number of carbonyl (C=O) groups excluding carboxylic acids is 1. The van der Waals surface area contributed by atoms with Gasteiger partial charge in [0.1, 0.15) is 17.7 Å². The molecule has 0 bridgehead atoms. The van der Waals surface area contributed by atoms with Crippen LogP contribution in [-0.2, 0) is 13.0 Å². The van der Waals surface area contributed by atoms with Crippen LogP contribution in [0, 0.1) is 0 Å². The summed E-state index contributed by atoms with van der Waals surface area (Å²) in [5, 5.41) is 3.52. The minimum atomic E-state index is -0.333. The highest BCUT2D eigenvalue weighted by Gasteiger charge is 2.33. The lowest BCUT2D eigenvalue weighted by molar-refractivity contribution is 0.0651. The summed E-state index contributed by atoms with van der Waals surface area (Å²) in [6, 6.07) is 29.5. The number of ether oxygens (including phenoxy) is 1. The van der Waals surface area contributed by atoms with Crippen molar-refractivity contribution in [3.63, 3.8) is 0 Å². The van der Waals surface area contributed by atoms with Crippen molar-refractivity contribution in [3.8, 4) is 5.75 Å². The molecular weight excluding hydrogens is 400 g/mol. The Kier molecular flexibility index (Phi) is 5.62. The van der Waals surface area contributed by atoms with Crippen molar-refractivity contribution in [1.82, 2.24) is 4.90 Å². The van der Waals surface area contributed by atoms with Crippen LogP contribution < -0.4 is 10.1 Å². The molecule has 32 heavy (non-hydrogen) atoms. The molecule has 1 amide bonds. The Hall–Kier alpha value is -3.99. The summed E-state index contributed by atoms with van der Waals surface area (Å²) in [7, 11) is 0. The minimum absolute atomic E-state index is 0.0313. The number of nitrogens with one attached hydrogen (secondary N) is 1. The van der Waals surface area contributed by atoms with Gasteiger partial charge in [0.25, 0.3) is 5.91 Å². The van der Waals surface area contributed by atoms with E-state index in [0.717, 1.165) is 29.2 Å². The van der Waals surface area contributed by atoms with Crippen LogP contribution in [0.25, 0.3) is 0 Å². The summed E-state index contributed by atoms with van der Waals surface area (Å²) in [6.07, 6.45) is 2.13. The Morgan fingerprint density at radius 1 is 0.906 bits per heavy atom. The van der Waals surface area contributed by atoms with E-state index >= 15 is 0 Å². The molecule has 5 heteroatoms. The fraction of sp³-hybridized carbons (Fsp3) is 0.148. The lowest BCUT2D eigenvalue weighted by Gasteiger charge is -2.37. The normalized spacial score (nSPS) is 15.2. The van der Waals surface area contributed by atoms with Crippen molar-refractivity contribution < 1.29 is 13.9 Å². The summed E-state index contributed by atoms with van der Waals surface area (Å²) in [6.45, 7) is 0.959. The number of furan rings is 1. The SMILES string of the molecule is O=C1c2ccccc2NC(c2cccc(OCCc3ccccc3)c2)N1Cc1ccco1. The maximum atomic E-state index is 13.4. The Labute approximate surface area is 187 Å². The molecule has 0 radical (unpaired) electrons. The smallest absolute Gasteiger partial charge is 0.258 e. The van der Waals surface area contributed by atoms with E-state index in [4.69, 9.17) is 9.15 Å². The van der Waals surface area contributed by atoms with E-state index in [2.05, 4.69) is 17.4 Å². The Morgan fingerprint density at radius 2 is 1.75 bits per heavy atom. The number of hydrogen-bond acceptors (Lipinski definition) is 4. The molecule has 0 spiro atoms. The van der Waals surface area contributed by atoms with Gasteiger partial charge in [-0.1, -0.05) is 54.6 Å². The third kappa shape index (κ3) is 4.23. The second kappa shape index (κ2) is 9.02. The summed E-state index contributed by atoms with van der Waals surface area (Å²) in [4.78, 5) is 15.1. The Morgan fingerprint density at radius 3 is 2.59 bits per heavy atom. The first-order valence-electron chi connectivity index (χ1n) is 10.7. The number of carbonyl (C=O) groups is 1. The van der Waals surface area contributed by atoms with E-state index in [1.807, 2.05) is 78.9 Å². The van der Waals surface area contributed by atoms with Crippen LogP contribution in [0.1, 0.15) is 33.4 Å². The molecule has 1 N–H and O–H groups in total. The van der Waals surface area contributed by atoms with Crippen LogP contribution in [0.4, 0.5) is 5.69 Å². The predicted molar refractivity (Wildman–Crippen MR) is 123 cm³/mol. The molecule has 1 aliphatic rings. The average Bonchev–Trinajstić information content (AvgIpc) is 3.35. The van der Waals surface area contributed by atoms with Crippen molar-refractivity contribution in [2.24, 2.45) is 0 Å². The molecule has 1 aromatic heterocycles. The number of para-hydroxylation sites is 1. The van der Waals surface area contributed by atoms with E-state index < -0.39 is 0 Å². The zero-order valence-corrected chi connectivity index (χ0v) is 17.6. The van der Waals surface area contributed by atoms with E-state index in [0.29, 0.717) is 18.7 Å². The van der Waals surface area contributed by atoms with Gasteiger partial charge in [-0.15, -0.1) is 0 Å². The monoisotopic (exact) mass is 424 g/mol. The fourth-order valence-corrected chi connectivity index (χ4v) is 4.00. The second-order valence-corrected chi connectivity index (χ2v) is 7.76. The molecule has 3 aromatic carbocycles. The summed E-state index contributed by atoms with van der Waals surface area (Å²) >= 11 is 0. The van der Waals surface area contributed by atoms with Crippen LogP contribution in [0.2, 0.25) is 0 Å². The molecular formula is C27H24N2O3. The van der Waals surface area contributed by atoms with Gasteiger partial charge in [-0.25, -0.2) is 0 Å². The number of fused-ring (bicyclic) bond motifs is 1. The van der Waals surface area contributed by atoms with Gasteiger partial charge in [-0.05, 0) is 47.5 Å². The molecule has 4 aromatic rings. The largest absolute Gasteiger partial charge is 0.493 e. The van der Waals surface area contributed by atoms with E-state index in [1.54, 1.807) is 11.2 Å². The first-order valence-corrected chi connectivity index (χ1v) is 10.7. The molecule has 1 atom stereocenters. The lowest BCUT2D eigenvalue weighted by atomic mass is 10.0. The molecule has 0 aliphatic carbocycles. The van der Waals surface area contributed by atoms with Crippen LogP contribution in [0.3, 0.4) is 0 Å². The third-order valence-electron chi connectivity index (χ3n) is 5.60. The molecule has 2 heterocycles. The van der Waals surface area contributed by atoms with Crippen LogP contribution >= 0.6 is 0 Å². The van der Waals surface area contributed by atoms with Gasteiger partial charge in [0.2, 0.25) is 0 Å². The topological polar surface area (TPSA) is 54.7 Å². The quantitative estimate of drug-likeness (QED) is 0.415. The second-order valence-electron chi connectivity index (χ2n) is 7.76. The van der Waals surface area contributed by atoms with Crippen LogP contribution in [0.5, 0.6) is 5.75 Å². The van der Waals surface area contributed by atoms with Crippen LogP contribution in [-0.4, -0.2) is 17.4 Å². The summed E-state index contributed by atoms with van der Waals surface area (Å²) in [5.41, 5.74) is 3.68. The summed E-state index contributed by atoms with van der Waals surface area (Å²) < 4.78 is 11.6. The van der Waals surface area contributed by atoms with Gasteiger partial charge in [0, 0.05) is 12.1 Å². The van der Waals surface area contributed by atoms with Crippen molar-refractivity contribution in [2.75, 3.05) is 11.9 Å². The van der Waals surface area contributed by atoms with Gasteiger partial charge in [-0.2, -0.15) is 0 Å². The maximum Gasteiger partial charge on any atom is 0.258 e. The van der Waals surface area contributed by atoms with Gasteiger partial charge in [0.05, 0.1) is 25.0 Å². The number of amides is 1. The highest BCUT2D eigenvalue weighted by Crippen LogP contribution is 2.35. The van der Waals surface area contributed by atoms with Crippen molar-refractivity contribution >= 4 is 11.6 Å². The molecule has 1 unspecified atom stereocenters. The zero-order valence-electron chi connectivity index (χ0n) is 17.6. The van der Waals surface area contributed by atoms with Crippen molar-refractivity contribution in [1.29, 1.82) is 0 Å². The lowest BCUT2D eigenvalue weighted by Crippen LogP contribution is -2.42. The standard InChI is InChI=1S/C27H24N2O3/c30-27-24-13-4-5-14-25(24)28-26(29(27)19-23-12-7-16-31-23)21-10-6-11-22(18-21)32-17-15-20-8-2-1-3-9-20/h1-14,16,18,26,28H,15,17,19H2. The molecule has 0 saturated carbocycles. The van der Waals surface area contributed by atoms with Gasteiger partial charge in [0.15, 0.2) is 0 Å². The first kappa shape index (κ1) is 19.9. The summed E-state index contributed by atoms with van der Waals surface area (Å²) in [5.74, 6) is 1.49. The number of benzene rings is 3. The number of rotatable bonds is 7. The number of nitrogens with zero attached hydrogens (tertiary/aromatic N) is 1.